The first-order valence-electron chi connectivity index (χ1n) is 17.5. The van der Waals surface area contributed by atoms with E-state index < -0.39 is 5.79 Å². The SMILES string of the molecule is C1=COC2(O1)c1ccccc1-c1ccccc12.C=CC(C)(C)CCCC.CC.CC1(C)C=COC12c1ccccc1-c1ccccc12.CO. The van der Waals surface area contributed by atoms with Gasteiger partial charge in [0.2, 0.25) is 0 Å². The lowest BCUT2D eigenvalue weighted by molar-refractivity contribution is -0.109. The highest BCUT2D eigenvalue weighted by atomic mass is 16.7. The fourth-order valence-corrected chi connectivity index (χ4v) is 7.01. The van der Waals surface area contributed by atoms with Crippen LogP contribution in [-0.4, -0.2) is 12.2 Å². The van der Waals surface area contributed by atoms with Gasteiger partial charge in [-0.25, -0.2) is 0 Å². The minimum absolute atomic E-state index is 0.0459. The molecule has 4 aromatic rings. The summed E-state index contributed by atoms with van der Waals surface area (Å²) in [6, 6.07) is 33.6. The van der Waals surface area contributed by atoms with Gasteiger partial charge in [0.25, 0.3) is 0 Å². The summed E-state index contributed by atoms with van der Waals surface area (Å²) >= 11 is 0. The summed E-state index contributed by atoms with van der Waals surface area (Å²) in [7, 11) is 1.00. The van der Waals surface area contributed by atoms with Crippen molar-refractivity contribution in [3.8, 4) is 22.3 Å². The number of hydrogen-bond acceptors (Lipinski definition) is 4. The van der Waals surface area contributed by atoms with Crippen molar-refractivity contribution in [2.75, 3.05) is 7.11 Å². The summed E-state index contributed by atoms with van der Waals surface area (Å²) in [4.78, 5) is 0. The van der Waals surface area contributed by atoms with Crippen LogP contribution in [0.5, 0.6) is 0 Å². The maximum atomic E-state index is 7.00. The largest absolute Gasteiger partial charge is 0.485 e. The number of aliphatic hydroxyl groups excluding tert-OH is 1. The summed E-state index contributed by atoms with van der Waals surface area (Å²) < 4.78 is 17.7. The van der Waals surface area contributed by atoms with Gasteiger partial charge in [0.1, 0.15) is 12.5 Å². The van der Waals surface area contributed by atoms with Gasteiger partial charge in [-0.2, -0.15) is 0 Å². The van der Waals surface area contributed by atoms with Crippen LogP contribution in [0.1, 0.15) is 90.0 Å². The zero-order valence-corrected chi connectivity index (χ0v) is 30.6. The van der Waals surface area contributed by atoms with E-state index in [1.165, 1.54) is 52.6 Å². The van der Waals surface area contributed by atoms with Crippen molar-refractivity contribution < 1.29 is 19.3 Å². The molecule has 2 aliphatic heterocycles. The van der Waals surface area contributed by atoms with E-state index in [1.807, 2.05) is 50.5 Å². The van der Waals surface area contributed by atoms with Crippen molar-refractivity contribution in [2.24, 2.45) is 10.8 Å². The minimum Gasteiger partial charge on any atom is -0.485 e. The zero-order chi connectivity index (χ0) is 35.7. The summed E-state index contributed by atoms with van der Waals surface area (Å²) in [6.07, 6.45) is 13.2. The summed E-state index contributed by atoms with van der Waals surface area (Å²) in [5, 5.41) is 7.00. The van der Waals surface area contributed by atoms with Crippen LogP contribution in [0.2, 0.25) is 0 Å². The molecule has 0 bridgehead atoms. The number of aliphatic hydroxyl groups is 1. The van der Waals surface area contributed by atoms with Crippen LogP contribution in [-0.2, 0) is 25.6 Å². The molecule has 4 aliphatic rings. The monoisotopic (exact) mass is 658 g/mol. The molecule has 0 unspecified atom stereocenters. The van der Waals surface area contributed by atoms with Crippen molar-refractivity contribution in [3.05, 3.63) is 157 Å². The number of ether oxygens (including phenoxy) is 3. The van der Waals surface area contributed by atoms with Gasteiger partial charge >= 0.3 is 5.79 Å². The smallest absolute Gasteiger partial charge is 0.305 e. The summed E-state index contributed by atoms with van der Waals surface area (Å²) in [5.41, 5.74) is 9.64. The maximum absolute atomic E-state index is 7.00. The quantitative estimate of drug-likeness (QED) is 0.222. The Labute approximate surface area is 294 Å². The summed E-state index contributed by atoms with van der Waals surface area (Å²) in [6.45, 7) is 19.0. The van der Waals surface area contributed by atoms with E-state index in [-0.39, 0.29) is 11.0 Å². The van der Waals surface area contributed by atoms with E-state index in [1.54, 1.807) is 12.5 Å². The third kappa shape index (κ3) is 6.72. The first-order chi connectivity index (χ1) is 23.7. The Morgan fingerprint density at radius 2 is 1.02 bits per heavy atom. The first-order valence-corrected chi connectivity index (χ1v) is 17.5. The second-order valence-electron chi connectivity index (χ2n) is 13.4. The number of unbranched alkanes of at least 4 members (excludes halogenated alkanes) is 1. The third-order valence-electron chi connectivity index (χ3n) is 9.64. The number of rotatable bonds is 4. The highest BCUT2D eigenvalue weighted by Crippen LogP contribution is 2.60. The lowest BCUT2D eigenvalue weighted by Crippen LogP contribution is -2.38. The van der Waals surface area contributed by atoms with Gasteiger partial charge in [0.05, 0.1) is 6.26 Å². The van der Waals surface area contributed by atoms with E-state index in [4.69, 9.17) is 19.3 Å². The Hall–Kier alpha value is -4.54. The molecule has 2 spiro atoms. The highest BCUT2D eigenvalue weighted by molar-refractivity contribution is 5.81. The van der Waals surface area contributed by atoms with Crippen LogP contribution in [0.3, 0.4) is 0 Å². The predicted molar refractivity (Wildman–Crippen MR) is 204 cm³/mol. The number of fused-ring (bicyclic) bond motifs is 10. The molecule has 1 N–H and O–H groups in total. The standard InChI is InChI=1S/C18H16O.C15H10O2.C9H18.C2H6.CH4O/c1-17(2)11-12-19-18(17)15-9-5-3-7-13(15)14-8-4-6-10-16(14)18;1-3-7-13-11(5-1)12-6-2-4-8-14(12)15(13)16-9-10-17-15;1-5-7-8-9(3,4)6-2;2*1-2/h3-12H,1-2H3;1-10H;6H,2,5,7-8H2,1,3-4H3;1-2H3;2H,1H3. The molecule has 0 amide bonds. The van der Waals surface area contributed by atoms with Crippen LogP contribution in [0.4, 0.5) is 0 Å². The number of benzene rings is 4. The molecular formula is C45H54O4. The molecule has 4 heteroatoms. The van der Waals surface area contributed by atoms with E-state index in [0.29, 0.717) is 5.41 Å². The molecule has 4 nitrogen and oxygen atoms in total. The number of allylic oxidation sites excluding steroid dienone is 1. The topological polar surface area (TPSA) is 47.9 Å². The normalized spacial score (nSPS) is 16.2. The Morgan fingerprint density at radius 1 is 0.633 bits per heavy atom. The van der Waals surface area contributed by atoms with E-state index in [9.17, 15) is 0 Å². The molecule has 0 atom stereocenters. The number of hydrogen-bond donors (Lipinski definition) is 1. The van der Waals surface area contributed by atoms with Gasteiger partial charge < -0.3 is 19.3 Å². The molecule has 49 heavy (non-hydrogen) atoms. The van der Waals surface area contributed by atoms with Crippen LogP contribution < -0.4 is 0 Å². The van der Waals surface area contributed by atoms with Crippen molar-refractivity contribution in [3.63, 3.8) is 0 Å². The van der Waals surface area contributed by atoms with Gasteiger partial charge in [-0.1, -0.05) is 164 Å². The van der Waals surface area contributed by atoms with Crippen LogP contribution in [0.25, 0.3) is 22.3 Å². The Bertz CT molecular complexity index is 1660. The molecule has 4 aromatic carbocycles. The molecule has 8 rings (SSSR count). The molecule has 2 aliphatic carbocycles. The van der Waals surface area contributed by atoms with Crippen LogP contribution in [0, 0.1) is 10.8 Å². The van der Waals surface area contributed by atoms with E-state index in [0.717, 1.165) is 18.2 Å². The average Bonchev–Trinajstić information content (AvgIpc) is 3.91. The first kappa shape index (κ1) is 37.3. The lowest BCUT2D eigenvalue weighted by atomic mass is 9.70. The molecule has 0 fully saturated rings. The van der Waals surface area contributed by atoms with E-state index in [2.05, 4.69) is 120 Å². The van der Waals surface area contributed by atoms with Gasteiger partial charge in [-0.3, -0.25) is 0 Å². The highest BCUT2D eigenvalue weighted by Gasteiger charge is 2.56. The Morgan fingerprint density at radius 3 is 1.39 bits per heavy atom. The maximum Gasteiger partial charge on any atom is 0.305 e. The van der Waals surface area contributed by atoms with Crippen molar-refractivity contribution in [1.82, 2.24) is 0 Å². The van der Waals surface area contributed by atoms with Gasteiger partial charge in [0, 0.05) is 34.8 Å². The molecule has 258 valence electrons. The molecule has 0 aromatic heterocycles. The fraction of sp³-hybridized carbons (Fsp3) is 0.333. The molecule has 2 heterocycles. The van der Waals surface area contributed by atoms with Gasteiger partial charge in [-0.15, -0.1) is 6.58 Å². The summed E-state index contributed by atoms with van der Waals surface area (Å²) in [5.74, 6) is -0.757. The molecular weight excluding hydrogens is 604 g/mol. The van der Waals surface area contributed by atoms with Crippen molar-refractivity contribution >= 4 is 0 Å². The second kappa shape index (κ2) is 15.8. The van der Waals surface area contributed by atoms with Gasteiger partial charge in [0.15, 0.2) is 5.60 Å². The Balaban J connectivity index is 0.000000166. The minimum atomic E-state index is -0.757. The molecule has 0 saturated carbocycles. The van der Waals surface area contributed by atoms with Crippen LogP contribution >= 0.6 is 0 Å². The lowest BCUT2D eigenvalue weighted by Gasteiger charge is -2.38. The molecule has 0 radical (unpaired) electrons. The zero-order valence-electron chi connectivity index (χ0n) is 30.6. The van der Waals surface area contributed by atoms with E-state index >= 15 is 0 Å². The average molecular weight is 659 g/mol. The fourth-order valence-electron chi connectivity index (χ4n) is 7.01. The second-order valence-corrected chi connectivity index (χ2v) is 13.4. The third-order valence-corrected chi connectivity index (χ3v) is 9.64. The van der Waals surface area contributed by atoms with Crippen LogP contribution in [0.15, 0.2) is 135 Å². The molecule has 0 saturated heterocycles. The van der Waals surface area contributed by atoms with Crippen molar-refractivity contribution in [1.29, 1.82) is 0 Å². The van der Waals surface area contributed by atoms with Gasteiger partial charge in [-0.05, 0) is 40.2 Å². The Kier molecular flexibility index (Phi) is 12.0. The predicted octanol–water partition coefficient (Wildman–Crippen LogP) is 11.9. The van der Waals surface area contributed by atoms with Crippen molar-refractivity contribution in [2.45, 2.75) is 79.1 Å².